The first-order valence-electron chi connectivity index (χ1n) is 5.17. The fraction of sp³-hybridized carbons (Fsp3) is 0.500. The average Bonchev–Trinajstić information content (AvgIpc) is 2.30. The van der Waals surface area contributed by atoms with Crippen molar-refractivity contribution in [1.82, 2.24) is 9.29 Å². The number of nitrogens with two attached hydrogens (primary N) is 1. The lowest BCUT2D eigenvalue weighted by Crippen LogP contribution is -2.35. The van der Waals surface area contributed by atoms with E-state index in [1.165, 1.54) is 4.31 Å². The maximum absolute atomic E-state index is 11.7. The van der Waals surface area contributed by atoms with E-state index < -0.39 is 10.0 Å². The molecule has 16 heavy (non-hydrogen) atoms. The molecule has 1 aromatic rings. The summed E-state index contributed by atoms with van der Waals surface area (Å²) in [6.45, 7) is 2.66. The SMILES string of the molecule is CCS(=O)(=O)N(CCN)Cc1ccncc1. The number of nitrogens with zero attached hydrogens (tertiary/aromatic N) is 2. The molecule has 0 unspecified atom stereocenters. The minimum Gasteiger partial charge on any atom is -0.329 e. The maximum Gasteiger partial charge on any atom is 0.214 e. The highest BCUT2D eigenvalue weighted by Gasteiger charge is 2.18. The van der Waals surface area contributed by atoms with E-state index in [0.717, 1.165) is 5.56 Å². The van der Waals surface area contributed by atoms with E-state index in [1.807, 2.05) is 0 Å². The van der Waals surface area contributed by atoms with Gasteiger partial charge in [0.05, 0.1) is 5.75 Å². The molecule has 0 spiro atoms. The van der Waals surface area contributed by atoms with Crippen LogP contribution >= 0.6 is 0 Å². The van der Waals surface area contributed by atoms with E-state index in [0.29, 0.717) is 19.6 Å². The lowest BCUT2D eigenvalue weighted by atomic mass is 10.3. The minimum atomic E-state index is -3.19. The Balaban J connectivity index is 2.81. The van der Waals surface area contributed by atoms with Gasteiger partial charge in [-0.25, -0.2) is 8.42 Å². The van der Waals surface area contributed by atoms with Gasteiger partial charge in [-0.15, -0.1) is 0 Å². The second-order valence-corrected chi connectivity index (χ2v) is 5.64. The summed E-state index contributed by atoms with van der Waals surface area (Å²) < 4.78 is 24.9. The highest BCUT2D eigenvalue weighted by Crippen LogP contribution is 2.08. The fourth-order valence-corrected chi connectivity index (χ4v) is 2.43. The topological polar surface area (TPSA) is 76.3 Å². The molecule has 1 rings (SSSR count). The first kappa shape index (κ1) is 13.1. The van der Waals surface area contributed by atoms with Crippen molar-refractivity contribution in [2.45, 2.75) is 13.5 Å². The van der Waals surface area contributed by atoms with Crippen LogP contribution in [0.2, 0.25) is 0 Å². The van der Waals surface area contributed by atoms with E-state index in [2.05, 4.69) is 4.98 Å². The molecule has 1 heterocycles. The lowest BCUT2D eigenvalue weighted by molar-refractivity contribution is 0.414. The molecule has 90 valence electrons. The van der Waals surface area contributed by atoms with E-state index in [9.17, 15) is 8.42 Å². The van der Waals surface area contributed by atoms with Crippen molar-refractivity contribution in [3.63, 3.8) is 0 Å². The first-order chi connectivity index (χ1) is 7.60. The fourth-order valence-electron chi connectivity index (χ4n) is 1.33. The predicted octanol–water partition coefficient (Wildman–Crippen LogP) is 0.192. The van der Waals surface area contributed by atoms with Crippen molar-refractivity contribution in [2.24, 2.45) is 5.73 Å². The van der Waals surface area contributed by atoms with Crippen LogP contribution in [0.4, 0.5) is 0 Å². The van der Waals surface area contributed by atoms with Crippen LogP contribution < -0.4 is 5.73 Å². The highest BCUT2D eigenvalue weighted by molar-refractivity contribution is 7.89. The zero-order chi connectivity index (χ0) is 12.0. The summed E-state index contributed by atoms with van der Waals surface area (Å²) in [5.74, 6) is 0.0953. The maximum atomic E-state index is 11.7. The molecule has 0 bridgehead atoms. The summed E-state index contributed by atoms with van der Waals surface area (Å²) in [5.41, 5.74) is 6.33. The zero-order valence-electron chi connectivity index (χ0n) is 9.33. The number of sulfonamides is 1. The molecule has 0 saturated carbocycles. The molecule has 0 aromatic carbocycles. The molecule has 5 nitrogen and oxygen atoms in total. The molecule has 0 aliphatic carbocycles. The van der Waals surface area contributed by atoms with Gasteiger partial charge < -0.3 is 5.73 Å². The number of hydrogen-bond acceptors (Lipinski definition) is 4. The second-order valence-electron chi connectivity index (χ2n) is 3.38. The number of aromatic nitrogens is 1. The molecule has 0 saturated heterocycles. The van der Waals surface area contributed by atoms with Crippen LogP contribution in [0.1, 0.15) is 12.5 Å². The number of pyridine rings is 1. The van der Waals surface area contributed by atoms with E-state index in [1.54, 1.807) is 31.5 Å². The van der Waals surface area contributed by atoms with Crippen molar-refractivity contribution < 1.29 is 8.42 Å². The summed E-state index contributed by atoms with van der Waals surface area (Å²) in [4.78, 5) is 3.89. The van der Waals surface area contributed by atoms with Crippen molar-refractivity contribution in [3.05, 3.63) is 30.1 Å². The quantitative estimate of drug-likeness (QED) is 0.774. The van der Waals surface area contributed by atoms with Crippen LogP contribution in [0, 0.1) is 0 Å². The Kier molecular flexibility index (Phi) is 4.85. The zero-order valence-corrected chi connectivity index (χ0v) is 10.2. The van der Waals surface area contributed by atoms with E-state index in [4.69, 9.17) is 5.73 Å². The summed E-state index contributed by atoms with van der Waals surface area (Å²) in [6, 6.07) is 3.60. The molecule has 0 aliphatic rings. The Morgan fingerprint density at radius 1 is 1.38 bits per heavy atom. The highest BCUT2D eigenvalue weighted by atomic mass is 32.2. The molecule has 0 atom stereocenters. The van der Waals surface area contributed by atoms with Crippen molar-refractivity contribution in [2.75, 3.05) is 18.8 Å². The van der Waals surface area contributed by atoms with Gasteiger partial charge in [0.15, 0.2) is 0 Å². The summed E-state index contributed by atoms with van der Waals surface area (Å²) in [7, 11) is -3.19. The summed E-state index contributed by atoms with van der Waals surface area (Å²) in [6.07, 6.45) is 3.29. The van der Waals surface area contributed by atoms with Crippen molar-refractivity contribution in [3.8, 4) is 0 Å². The van der Waals surface area contributed by atoms with Gasteiger partial charge in [-0.3, -0.25) is 4.98 Å². The molecular formula is C10H17N3O2S. The predicted molar refractivity (Wildman–Crippen MR) is 63.2 cm³/mol. The van der Waals surface area contributed by atoms with Crippen LogP contribution in [0.3, 0.4) is 0 Å². The molecule has 0 aliphatic heterocycles. The molecule has 1 aromatic heterocycles. The van der Waals surface area contributed by atoms with Gasteiger partial charge in [-0.1, -0.05) is 0 Å². The second kappa shape index (κ2) is 5.93. The number of rotatable bonds is 6. The van der Waals surface area contributed by atoms with Crippen LogP contribution in [0.15, 0.2) is 24.5 Å². The smallest absolute Gasteiger partial charge is 0.214 e. The molecule has 2 N–H and O–H groups in total. The molecule has 0 amide bonds. The molecular weight excluding hydrogens is 226 g/mol. The van der Waals surface area contributed by atoms with Crippen molar-refractivity contribution in [1.29, 1.82) is 0 Å². The molecule has 0 radical (unpaired) electrons. The van der Waals surface area contributed by atoms with Gasteiger partial charge in [0, 0.05) is 32.0 Å². The summed E-state index contributed by atoms with van der Waals surface area (Å²) >= 11 is 0. The Morgan fingerprint density at radius 3 is 2.50 bits per heavy atom. The van der Waals surface area contributed by atoms with Crippen LogP contribution in [0.5, 0.6) is 0 Å². The third kappa shape index (κ3) is 3.55. The number of hydrogen-bond donors (Lipinski definition) is 1. The van der Waals surface area contributed by atoms with Crippen LogP contribution in [-0.2, 0) is 16.6 Å². The standard InChI is InChI=1S/C10H17N3O2S/c1-2-16(14,15)13(8-5-11)9-10-3-6-12-7-4-10/h3-4,6-7H,2,5,8-9,11H2,1H3. The Bertz CT molecular complexity index is 405. The van der Waals surface area contributed by atoms with Crippen LogP contribution in [0.25, 0.3) is 0 Å². The van der Waals surface area contributed by atoms with Gasteiger partial charge >= 0.3 is 0 Å². The summed E-state index contributed by atoms with van der Waals surface area (Å²) in [5, 5.41) is 0. The Morgan fingerprint density at radius 2 is 2.00 bits per heavy atom. The minimum absolute atomic E-state index is 0.0953. The average molecular weight is 243 g/mol. The lowest BCUT2D eigenvalue weighted by Gasteiger charge is -2.20. The van der Waals surface area contributed by atoms with E-state index >= 15 is 0 Å². The Hall–Kier alpha value is -0.980. The van der Waals surface area contributed by atoms with Gasteiger partial charge in [0.1, 0.15) is 0 Å². The van der Waals surface area contributed by atoms with Gasteiger partial charge in [0.25, 0.3) is 0 Å². The largest absolute Gasteiger partial charge is 0.329 e. The Labute approximate surface area is 96.3 Å². The van der Waals surface area contributed by atoms with Gasteiger partial charge in [-0.2, -0.15) is 4.31 Å². The van der Waals surface area contributed by atoms with E-state index in [-0.39, 0.29) is 5.75 Å². The molecule has 0 fully saturated rings. The molecule has 6 heteroatoms. The third-order valence-corrected chi connectivity index (χ3v) is 4.07. The van der Waals surface area contributed by atoms with Crippen molar-refractivity contribution >= 4 is 10.0 Å². The monoisotopic (exact) mass is 243 g/mol. The third-order valence-electron chi connectivity index (χ3n) is 2.24. The van der Waals surface area contributed by atoms with Gasteiger partial charge in [-0.05, 0) is 24.6 Å². The normalized spacial score (nSPS) is 11.9. The van der Waals surface area contributed by atoms with Crippen LogP contribution in [-0.4, -0.2) is 36.5 Å². The first-order valence-corrected chi connectivity index (χ1v) is 6.78. The van der Waals surface area contributed by atoms with Gasteiger partial charge in [0.2, 0.25) is 10.0 Å².